The van der Waals surface area contributed by atoms with Crippen molar-refractivity contribution in [2.24, 2.45) is 5.92 Å². The smallest absolute Gasteiger partial charge is 0.0161 e. The van der Waals surface area contributed by atoms with Crippen LogP contribution in [0.2, 0.25) is 0 Å². The molecule has 0 radical (unpaired) electrons. The first-order chi connectivity index (χ1) is 9.33. The Hall–Kier alpha value is 0.270. The van der Waals surface area contributed by atoms with Crippen molar-refractivity contribution in [1.82, 2.24) is 10.2 Å². The predicted octanol–water partition coefficient (Wildman–Crippen LogP) is 3.12. The molecule has 3 unspecified atom stereocenters. The monoisotopic (exact) mass is 282 g/mol. The molecule has 2 aliphatic heterocycles. The zero-order valence-corrected chi connectivity index (χ0v) is 13.3. The summed E-state index contributed by atoms with van der Waals surface area (Å²) in [6.45, 7) is 5.17. The largest absolute Gasteiger partial charge is 0.310 e. The van der Waals surface area contributed by atoms with Crippen molar-refractivity contribution < 1.29 is 0 Å². The van der Waals surface area contributed by atoms with Gasteiger partial charge in [-0.2, -0.15) is 11.8 Å². The molecule has 110 valence electrons. The molecule has 0 bridgehead atoms. The minimum atomic E-state index is 0.714. The van der Waals surface area contributed by atoms with Crippen LogP contribution in [0.4, 0.5) is 0 Å². The van der Waals surface area contributed by atoms with Crippen molar-refractivity contribution in [3.8, 4) is 0 Å². The van der Waals surface area contributed by atoms with E-state index >= 15 is 0 Å². The summed E-state index contributed by atoms with van der Waals surface area (Å²) in [5, 5.41) is 3.94. The molecular formula is C16H30N2S. The van der Waals surface area contributed by atoms with Gasteiger partial charge in [-0.05, 0) is 63.7 Å². The van der Waals surface area contributed by atoms with Gasteiger partial charge in [0.25, 0.3) is 0 Å². The highest BCUT2D eigenvalue weighted by Crippen LogP contribution is 2.30. The van der Waals surface area contributed by atoms with Crippen molar-refractivity contribution in [3.05, 3.63) is 0 Å². The number of nitrogens with one attached hydrogen (secondary N) is 1. The van der Waals surface area contributed by atoms with Gasteiger partial charge in [0.2, 0.25) is 0 Å². The van der Waals surface area contributed by atoms with Crippen LogP contribution in [-0.4, -0.2) is 47.6 Å². The zero-order valence-electron chi connectivity index (χ0n) is 12.4. The molecule has 2 saturated heterocycles. The van der Waals surface area contributed by atoms with Gasteiger partial charge in [-0.1, -0.05) is 6.42 Å². The van der Waals surface area contributed by atoms with Crippen LogP contribution in [0.5, 0.6) is 0 Å². The molecule has 19 heavy (non-hydrogen) atoms. The highest BCUT2D eigenvalue weighted by atomic mass is 32.2. The number of piperidine rings is 1. The van der Waals surface area contributed by atoms with E-state index < -0.39 is 0 Å². The topological polar surface area (TPSA) is 15.3 Å². The van der Waals surface area contributed by atoms with Crippen LogP contribution in [0, 0.1) is 5.92 Å². The number of rotatable bonds is 4. The van der Waals surface area contributed by atoms with Crippen molar-refractivity contribution in [2.75, 3.05) is 24.6 Å². The number of thioether (sulfide) groups is 1. The molecule has 0 amide bonds. The lowest BCUT2D eigenvalue weighted by Crippen LogP contribution is -2.52. The molecule has 3 heteroatoms. The lowest BCUT2D eigenvalue weighted by atomic mass is 9.85. The minimum Gasteiger partial charge on any atom is -0.310 e. The number of likely N-dealkylation sites (tertiary alicyclic amines) is 1. The summed E-state index contributed by atoms with van der Waals surface area (Å²) >= 11 is 2.14. The Morgan fingerprint density at radius 1 is 1.11 bits per heavy atom. The van der Waals surface area contributed by atoms with Crippen molar-refractivity contribution in [1.29, 1.82) is 0 Å². The van der Waals surface area contributed by atoms with Gasteiger partial charge in [0.1, 0.15) is 0 Å². The van der Waals surface area contributed by atoms with Gasteiger partial charge in [-0.3, -0.25) is 0 Å². The van der Waals surface area contributed by atoms with Gasteiger partial charge < -0.3 is 10.2 Å². The number of hydrogen-bond donors (Lipinski definition) is 1. The van der Waals surface area contributed by atoms with Gasteiger partial charge in [0, 0.05) is 30.4 Å². The van der Waals surface area contributed by atoms with Crippen LogP contribution < -0.4 is 5.32 Å². The molecular weight excluding hydrogens is 252 g/mol. The third-order valence-corrected chi connectivity index (χ3v) is 6.66. The Morgan fingerprint density at radius 2 is 2.00 bits per heavy atom. The van der Waals surface area contributed by atoms with Crippen LogP contribution >= 0.6 is 11.8 Å². The van der Waals surface area contributed by atoms with Gasteiger partial charge in [0.05, 0.1) is 0 Å². The van der Waals surface area contributed by atoms with Crippen molar-refractivity contribution in [3.63, 3.8) is 0 Å². The minimum absolute atomic E-state index is 0.714. The summed E-state index contributed by atoms with van der Waals surface area (Å²) in [5.74, 6) is 3.61. The van der Waals surface area contributed by atoms with E-state index in [-0.39, 0.29) is 0 Å². The SMILES string of the molecule is CC(NC1CCCSC1)C1CCCN(C2CCC2)C1. The van der Waals surface area contributed by atoms with Gasteiger partial charge in [-0.25, -0.2) is 0 Å². The summed E-state index contributed by atoms with van der Waals surface area (Å²) in [4.78, 5) is 2.80. The predicted molar refractivity (Wildman–Crippen MR) is 84.9 cm³/mol. The summed E-state index contributed by atoms with van der Waals surface area (Å²) in [6, 6.07) is 2.44. The van der Waals surface area contributed by atoms with Crippen molar-refractivity contribution >= 4 is 11.8 Å². The Kier molecular flexibility index (Phi) is 5.10. The summed E-state index contributed by atoms with van der Waals surface area (Å²) in [7, 11) is 0. The maximum atomic E-state index is 3.94. The fourth-order valence-corrected chi connectivity index (χ4v) is 5.00. The second kappa shape index (κ2) is 6.82. The summed E-state index contributed by atoms with van der Waals surface area (Å²) in [5.41, 5.74) is 0. The van der Waals surface area contributed by atoms with Crippen molar-refractivity contribution in [2.45, 2.75) is 70.0 Å². The molecule has 3 fully saturated rings. The van der Waals surface area contributed by atoms with Crippen LogP contribution in [0.25, 0.3) is 0 Å². The van der Waals surface area contributed by atoms with E-state index in [4.69, 9.17) is 0 Å². The molecule has 2 heterocycles. The maximum Gasteiger partial charge on any atom is 0.0161 e. The third-order valence-electron chi connectivity index (χ3n) is 5.45. The lowest BCUT2D eigenvalue weighted by Gasteiger charge is -2.44. The molecule has 0 aromatic carbocycles. The van der Waals surface area contributed by atoms with E-state index in [0.29, 0.717) is 6.04 Å². The van der Waals surface area contributed by atoms with Crippen LogP contribution in [0.3, 0.4) is 0 Å². The van der Waals surface area contributed by atoms with Crippen LogP contribution in [0.15, 0.2) is 0 Å². The summed E-state index contributed by atoms with van der Waals surface area (Å²) < 4.78 is 0. The second-order valence-corrected chi connectivity index (χ2v) is 8.00. The van der Waals surface area contributed by atoms with Crippen LogP contribution in [-0.2, 0) is 0 Å². The third kappa shape index (κ3) is 3.68. The quantitative estimate of drug-likeness (QED) is 0.853. The normalized spacial score (nSPS) is 35.8. The van der Waals surface area contributed by atoms with E-state index in [0.717, 1.165) is 18.0 Å². The number of hydrogen-bond acceptors (Lipinski definition) is 3. The van der Waals surface area contributed by atoms with E-state index in [1.807, 2.05) is 0 Å². The molecule has 3 atom stereocenters. The Morgan fingerprint density at radius 3 is 2.68 bits per heavy atom. The highest BCUT2D eigenvalue weighted by Gasteiger charge is 2.32. The molecule has 3 rings (SSSR count). The van der Waals surface area contributed by atoms with Gasteiger partial charge in [0.15, 0.2) is 0 Å². The van der Waals surface area contributed by atoms with E-state index in [9.17, 15) is 0 Å². The molecule has 1 aliphatic carbocycles. The second-order valence-electron chi connectivity index (χ2n) is 6.85. The molecule has 2 nitrogen and oxygen atoms in total. The first kappa shape index (κ1) is 14.2. The Bertz CT molecular complexity index is 274. The molecule has 1 saturated carbocycles. The average molecular weight is 282 g/mol. The lowest BCUT2D eigenvalue weighted by molar-refractivity contribution is 0.0653. The molecule has 0 aromatic rings. The van der Waals surface area contributed by atoms with Gasteiger partial charge in [-0.15, -0.1) is 0 Å². The number of nitrogens with zero attached hydrogens (tertiary/aromatic N) is 1. The fourth-order valence-electron chi connectivity index (χ4n) is 3.91. The first-order valence-electron chi connectivity index (χ1n) is 8.41. The molecule has 1 N–H and O–H groups in total. The Labute approximate surface area is 123 Å². The molecule has 0 aromatic heterocycles. The van der Waals surface area contributed by atoms with E-state index in [1.54, 1.807) is 0 Å². The highest BCUT2D eigenvalue weighted by molar-refractivity contribution is 7.99. The van der Waals surface area contributed by atoms with Crippen LogP contribution in [0.1, 0.15) is 51.9 Å². The standard InChI is InChI=1S/C16H30N2S/c1-13(17-15-6-4-10-19-12-15)14-5-3-9-18(11-14)16-7-2-8-16/h13-17H,2-12H2,1H3. The Balaban J connectivity index is 1.46. The van der Waals surface area contributed by atoms with Gasteiger partial charge >= 0.3 is 0 Å². The average Bonchev–Trinajstić information content (AvgIpc) is 2.38. The molecule has 3 aliphatic rings. The van der Waals surface area contributed by atoms with E-state index in [2.05, 4.69) is 28.9 Å². The van der Waals surface area contributed by atoms with E-state index in [1.165, 1.54) is 69.5 Å². The first-order valence-corrected chi connectivity index (χ1v) is 9.56. The molecule has 0 spiro atoms. The maximum absolute atomic E-state index is 3.94. The zero-order chi connectivity index (χ0) is 13.1. The fraction of sp³-hybridized carbons (Fsp3) is 1.00. The summed E-state index contributed by atoms with van der Waals surface area (Å²) in [6.07, 6.45) is 10.1.